The summed E-state index contributed by atoms with van der Waals surface area (Å²) in [5.74, 6) is 0.861. The highest BCUT2D eigenvalue weighted by Gasteiger charge is 2.31. The summed E-state index contributed by atoms with van der Waals surface area (Å²) in [7, 11) is 1.77. The molecule has 1 aliphatic heterocycles. The molecular formula is C13H19F3N4O2. The van der Waals surface area contributed by atoms with Crippen LogP contribution in [0, 0.1) is 0 Å². The molecule has 0 aromatic carbocycles. The lowest BCUT2D eigenvalue weighted by molar-refractivity contribution is -0.149. The predicted octanol–water partition coefficient (Wildman–Crippen LogP) is 1.36. The number of amides is 1. The summed E-state index contributed by atoms with van der Waals surface area (Å²) in [5.41, 5.74) is 0. The predicted molar refractivity (Wildman–Crippen MR) is 70.8 cm³/mol. The van der Waals surface area contributed by atoms with Gasteiger partial charge in [-0.25, -0.2) is 0 Å². The summed E-state index contributed by atoms with van der Waals surface area (Å²) in [5, 5.41) is 17.0. The first-order valence-electron chi connectivity index (χ1n) is 7.15. The van der Waals surface area contributed by atoms with Crippen LogP contribution >= 0.6 is 0 Å². The van der Waals surface area contributed by atoms with Gasteiger partial charge in [-0.2, -0.15) is 13.2 Å². The lowest BCUT2D eigenvalue weighted by atomic mass is 9.95. The van der Waals surface area contributed by atoms with Gasteiger partial charge in [-0.05, 0) is 12.8 Å². The number of rotatable bonds is 4. The van der Waals surface area contributed by atoms with E-state index in [0.29, 0.717) is 31.8 Å². The van der Waals surface area contributed by atoms with Crippen molar-refractivity contribution < 1.29 is 23.1 Å². The molecule has 22 heavy (non-hydrogen) atoms. The van der Waals surface area contributed by atoms with Gasteiger partial charge in [0.25, 0.3) is 0 Å². The van der Waals surface area contributed by atoms with E-state index in [-0.39, 0.29) is 12.5 Å². The molecule has 124 valence electrons. The highest BCUT2D eigenvalue weighted by atomic mass is 19.4. The second kappa shape index (κ2) is 6.64. The molecule has 1 fully saturated rings. The molecular weight excluding hydrogens is 301 g/mol. The van der Waals surface area contributed by atoms with Crippen LogP contribution in [0.5, 0.6) is 0 Å². The third-order valence-electron chi connectivity index (χ3n) is 3.98. The Hall–Kier alpha value is -1.64. The van der Waals surface area contributed by atoms with E-state index >= 15 is 0 Å². The van der Waals surface area contributed by atoms with Crippen molar-refractivity contribution in [1.29, 1.82) is 0 Å². The second-order valence-corrected chi connectivity index (χ2v) is 5.46. The second-order valence-electron chi connectivity index (χ2n) is 5.46. The number of aliphatic hydroxyl groups is 1. The van der Waals surface area contributed by atoms with Gasteiger partial charge in [0.1, 0.15) is 12.4 Å². The van der Waals surface area contributed by atoms with Crippen LogP contribution in [-0.2, 0) is 18.4 Å². The van der Waals surface area contributed by atoms with E-state index in [9.17, 15) is 18.0 Å². The maximum Gasteiger partial charge on any atom is 0.389 e. The lowest BCUT2D eigenvalue weighted by Crippen LogP contribution is -2.38. The topological polar surface area (TPSA) is 71.2 Å². The molecule has 0 spiro atoms. The third kappa shape index (κ3) is 3.96. The number of nitrogens with zero attached hydrogens (tertiary/aromatic N) is 4. The number of aliphatic hydroxyl groups excluding tert-OH is 1. The molecule has 1 saturated heterocycles. The number of carbonyl (C=O) groups is 1. The van der Waals surface area contributed by atoms with E-state index < -0.39 is 24.9 Å². The van der Waals surface area contributed by atoms with E-state index in [4.69, 9.17) is 5.11 Å². The zero-order valence-electron chi connectivity index (χ0n) is 12.3. The van der Waals surface area contributed by atoms with E-state index in [2.05, 4.69) is 10.2 Å². The van der Waals surface area contributed by atoms with E-state index in [1.807, 2.05) is 0 Å². The fourth-order valence-electron chi connectivity index (χ4n) is 2.66. The van der Waals surface area contributed by atoms with Crippen molar-refractivity contribution in [1.82, 2.24) is 19.7 Å². The monoisotopic (exact) mass is 320 g/mol. The molecule has 1 aromatic heterocycles. The number of halogens is 3. The average molecular weight is 320 g/mol. The van der Waals surface area contributed by atoms with Gasteiger partial charge >= 0.3 is 6.18 Å². The molecule has 0 unspecified atom stereocenters. The summed E-state index contributed by atoms with van der Waals surface area (Å²) in [6, 6.07) is 0. The summed E-state index contributed by atoms with van der Waals surface area (Å²) < 4.78 is 38.1. The summed E-state index contributed by atoms with van der Waals surface area (Å²) in [6.45, 7) is 0.642. The van der Waals surface area contributed by atoms with Crippen LogP contribution in [0.3, 0.4) is 0 Å². The minimum atomic E-state index is -4.30. The van der Waals surface area contributed by atoms with Gasteiger partial charge in [-0.3, -0.25) is 4.79 Å². The van der Waals surface area contributed by atoms with Crippen molar-refractivity contribution in [2.45, 2.75) is 44.4 Å². The fourth-order valence-corrected chi connectivity index (χ4v) is 2.66. The number of carbonyl (C=O) groups excluding carboxylic acids is 1. The van der Waals surface area contributed by atoms with Gasteiger partial charge in [0.2, 0.25) is 5.91 Å². The van der Waals surface area contributed by atoms with Gasteiger partial charge in [0.05, 0.1) is 6.42 Å². The Morgan fingerprint density at radius 1 is 1.32 bits per heavy atom. The molecule has 1 aliphatic rings. The first-order valence-corrected chi connectivity index (χ1v) is 7.15. The number of aromatic nitrogens is 3. The summed E-state index contributed by atoms with van der Waals surface area (Å²) >= 11 is 0. The Kier molecular flexibility index (Phi) is 5.05. The van der Waals surface area contributed by atoms with Crippen LogP contribution in [0.4, 0.5) is 13.2 Å². The zero-order chi connectivity index (χ0) is 16.3. The molecule has 2 rings (SSSR count). The smallest absolute Gasteiger partial charge is 0.388 e. The molecule has 6 nitrogen and oxygen atoms in total. The maximum atomic E-state index is 12.1. The normalized spacial score (nSPS) is 17.0. The number of piperidine rings is 1. The zero-order valence-corrected chi connectivity index (χ0v) is 12.3. The molecule has 1 aromatic rings. The first kappa shape index (κ1) is 16.7. The molecule has 2 heterocycles. The number of hydrogen-bond donors (Lipinski definition) is 1. The van der Waals surface area contributed by atoms with Gasteiger partial charge in [0, 0.05) is 32.5 Å². The first-order chi connectivity index (χ1) is 10.3. The van der Waals surface area contributed by atoms with E-state index in [0.717, 1.165) is 5.82 Å². The van der Waals surface area contributed by atoms with Gasteiger partial charge < -0.3 is 14.6 Å². The highest BCUT2D eigenvalue weighted by Crippen LogP contribution is 2.28. The van der Waals surface area contributed by atoms with Crippen molar-refractivity contribution in [3.63, 3.8) is 0 Å². The minimum absolute atomic E-state index is 0.101. The fraction of sp³-hybridized carbons (Fsp3) is 0.769. The quantitative estimate of drug-likeness (QED) is 0.909. The number of hydrogen-bond acceptors (Lipinski definition) is 4. The molecule has 1 N–H and O–H groups in total. The van der Waals surface area contributed by atoms with Crippen LogP contribution in [0.2, 0.25) is 0 Å². The van der Waals surface area contributed by atoms with Crippen molar-refractivity contribution in [2.75, 3.05) is 13.1 Å². The largest absolute Gasteiger partial charge is 0.389 e. The van der Waals surface area contributed by atoms with Crippen molar-refractivity contribution in [3.05, 3.63) is 11.6 Å². The van der Waals surface area contributed by atoms with E-state index in [1.165, 1.54) is 4.90 Å². The minimum Gasteiger partial charge on any atom is -0.388 e. The van der Waals surface area contributed by atoms with Crippen LogP contribution in [0.15, 0.2) is 0 Å². The van der Waals surface area contributed by atoms with Gasteiger partial charge in [-0.1, -0.05) is 0 Å². The molecule has 0 atom stereocenters. The highest BCUT2D eigenvalue weighted by molar-refractivity contribution is 5.76. The third-order valence-corrected chi connectivity index (χ3v) is 3.98. The Morgan fingerprint density at radius 3 is 2.45 bits per heavy atom. The van der Waals surface area contributed by atoms with Crippen molar-refractivity contribution in [2.24, 2.45) is 7.05 Å². The Balaban J connectivity index is 1.87. The van der Waals surface area contributed by atoms with Crippen LogP contribution < -0.4 is 0 Å². The molecule has 1 amide bonds. The van der Waals surface area contributed by atoms with E-state index in [1.54, 1.807) is 11.6 Å². The molecule has 0 radical (unpaired) electrons. The van der Waals surface area contributed by atoms with Crippen molar-refractivity contribution in [3.8, 4) is 0 Å². The SMILES string of the molecule is Cn1c(CO)nnc1C1CCN(C(=O)CCC(F)(F)F)CC1. The standard InChI is InChI=1S/C13H19F3N4O2/c1-19-10(8-21)17-18-12(19)9-3-6-20(7-4-9)11(22)2-5-13(14,15)16/h9,21H,2-8H2,1H3. The van der Waals surface area contributed by atoms with Gasteiger partial charge in [0.15, 0.2) is 5.82 Å². The average Bonchev–Trinajstić information content (AvgIpc) is 2.85. The van der Waals surface area contributed by atoms with Gasteiger partial charge in [-0.15, -0.1) is 10.2 Å². The Morgan fingerprint density at radius 2 is 1.95 bits per heavy atom. The molecule has 9 heteroatoms. The summed E-state index contributed by atoms with van der Waals surface area (Å²) in [4.78, 5) is 13.2. The Bertz CT molecular complexity index is 522. The Labute approximate surface area is 125 Å². The van der Waals surface area contributed by atoms with Crippen LogP contribution in [-0.4, -0.2) is 49.9 Å². The molecule has 0 bridgehead atoms. The summed E-state index contributed by atoms with van der Waals surface area (Å²) in [6.07, 6.45) is -4.60. The maximum absolute atomic E-state index is 12.1. The number of alkyl halides is 3. The molecule has 0 aliphatic carbocycles. The number of likely N-dealkylation sites (tertiary alicyclic amines) is 1. The molecule has 0 saturated carbocycles. The lowest BCUT2D eigenvalue weighted by Gasteiger charge is -2.31. The van der Waals surface area contributed by atoms with Crippen LogP contribution in [0.25, 0.3) is 0 Å². The van der Waals surface area contributed by atoms with Crippen molar-refractivity contribution >= 4 is 5.91 Å². The van der Waals surface area contributed by atoms with Crippen LogP contribution in [0.1, 0.15) is 43.3 Å².